The summed E-state index contributed by atoms with van der Waals surface area (Å²) in [4.78, 5) is 0. The number of hydrogen-bond acceptors (Lipinski definition) is 3. The highest BCUT2D eigenvalue weighted by molar-refractivity contribution is 7.86. The quantitative estimate of drug-likeness (QED) is 0.687. The summed E-state index contributed by atoms with van der Waals surface area (Å²) < 4.78 is 40.9. The van der Waals surface area contributed by atoms with Gasteiger partial charge in [-0.3, -0.25) is 4.18 Å². The molecule has 15 heavy (non-hydrogen) atoms. The molecule has 0 amide bonds. The average molecular weight is 234 g/mol. The standard InChI is InChI=1S/C10H15FO3S/c1-9-3-5-10(6-4-9,7-8(9)11)14-15(2,12)13/h7H,3-6H2,1-2H3. The van der Waals surface area contributed by atoms with Crippen molar-refractivity contribution in [1.82, 2.24) is 0 Å². The highest BCUT2D eigenvalue weighted by Crippen LogP contribution is 2.53. The smallest absolute Gasteiger partial charge is 0.259 e. The molecule has 0 aromatic rings. The van der Waals surface area contributed by atoms with Crippen molar-refractivity contribution < 1.29 is 17.0 Å². The van der Waals surface area contributed by atoms with Crippen molar-refractivity contribution in [2.45, 2.75) is 38.2 Å². The van der Waals surface area contributed by atoms with Gasteiger partial charge in [0.1, 0.15) is 11.4 Å². The monoisotopic (exact) mass is 234 g/mol. The van der Waals surface area contributed by atoms with Crippen molar-refractivity contribution in [2.75, 3.05) is 6.26 Å². The second-order valence-corrected chi connectivity index (χ2v) is 6.48. The Morgan fingerprint density at radius 2 is 1.87 bits per heavy atom. The van der Waals surface area contributed by atoms with E-state index in [4.69, 9.17) is 4.18 Å². The Balaban J connectivity index is 2.33. The number of halogens is 1. The molecule has 2 bridgehead atoms. The molecule has 0 saturated heterocycles. The van der Waals surface area contributed by atoms with Gasteiger partial charge in [0.2, 0.25) is 0 Å². The van der Waals surface area contributed by atoms with Crippen molar-refractivity contribution >= 4 is 10.1 Å². The first-order valence-corrected chi connectivity index (χ1v) is 6.86. The normalized spacial score (nSPS) is 40.3. The van der Waals surface area contributed by atoms with Crippen LogP contribution in [0.2, 0.25) is 0 Å². The fourth-order valence-electron chi connectivity index (χ4n) is 2.42. The van der Waals surface area contributed by atoms with E-state index in [-0.39, 0.29) is 11.2 Å². The Kier molecular flexibility index (Phi) is 2.25. The molecule has 3 aliphatic rings. The minimum atomic E-state index is -3.52. The summed E-state index contributed by atoms with van der Waals surface area (Å²) in [5.41, 5.74) is -1.29. The van der Waals surface area contributed by atoms with Gasteiger partial charge in [0, 0.05) is 5.41 Å². The van der Waals surface area contributed by atoms with E-state index >= 15 is 0 Å². The number of hydrogen-bond donors (Lipinski definition) is 0. The molecule has 0 aromatic carbocycles. The zero-order valence-electron chi connectivity index (χ0n) is 8.92. The summed E-state index contributed by atoms with van der Waals surface area (Å²) in [6.07, 6.45) is 4.86. The Labute approximate surface area is 89.4 Å². The van der Waals surface area contributed by atoms with Crippen LogP contribution in [0.15, 0.2) is 11.9 Å². The number of fused-ring (bicyclic) bond motifs is 2. The molecular weight excluding hydrogens is 219 g/mol. The largest absolute Gasteiger partial charge is 0.265 e. The molecule has 3 aliphatic carbocycles. The van der Waals surface area contributed by atoms with Gasteiger partial charge < -0.3 is 0 Å². The van der Waals surface area contributed by atoms with Gasteiger partial charge in [-0.1, -0.05) is 6.92 Å². The predicted octanol–water partition coefficient (Wildman–Crippen LogP) is 2.15. The molecule has 0 N–H and O–H groups in total. The summed E-state index contributed by atoms with van der Waals surface area (Å²) in [7, 11) is -3.52. The first-order valence-electron chi connectivity index (χ1n) is 5.04. The minimum absolute atomic E-state index is 0.219. The maximum absolute atomic E-state index is 13.7. The third-order valence-electron chi connectivity index (χ3n) is 3.48. The Morgan fingerprint density at radius 3 is 2.27 bits per heavy atom. The zero-order valence-corrected chi connectivity index (χ0v) is 9.73. The van der Waals surface area contributed by atoms with Gasteiger partial charge in [-0.05, 0) is 31.8 Å². The molecule has 0 spiro atoms. The van der Waals surface area contributed by atoms with Gasteiger partial charge in [0.25, 0.3) is 10.1 Å². The molecule has 0 aliphatic heterocycles. The summed E-state index contributed by atoms with van der Waals surface area (Å²) >= 11 is 0. The van der Waals surface area contributed by atoms with Gasteiger partial charge in [0.05, 0.1) is 6.26 Å². The first-order chi connectivity index (χ1) is 6.75. The van der Waals surface area contributed by atoms with Crippen LogP contribution in [0, 0.1) is 5.41 Å². The van der Waals surface area contributed by atoms with Gasteiger partial charge in [0.15, 0.2) is 0 Å². The lowest BCUT2D eigenvalue weighted by Crippen LogP contribution is -2.45. The van der Waals surface area contributed by atoms with Crippen LogP contribution in [0.3, 0.4) is 0 Å². The molecule has 0 atom stereocenters. The van der Waals surface area contributed by atoms with Gasteiger partial charge in [-0.2, -0.15) is 8.42 Å². The summed E-state index contributed by atoms with van der Waals surface area (Å²) in [6, 6.07) is 0. The van der Waals surface area contributed by atoms with E-state index in [1.807, 2.05) is 6.92 Å². The molecule has 0 aromatic heterocycles. The van der Waals surface area contributed by atoms with Crippen LogP contribution in [0.4, 0.5) is 4.39 Å². The van der Waals surface area contributed by atoms with E-state index in [2.05, 4.69) is 0 Å². The average Bonchev–Trinajstić information content (AvgIpc) is 2.06. The van der Waals surface area contributed by atoms with Gasteiger partial charge in [-0.25, -0.2) is 4.39 Å². The summed E-state index contributed by atoms with van der Waals surface area (Å²) in [5, 5.41) is 0. The van der Waals surface area contributed by atoms with Crippen molar-refractivity contribution in [3.8, 4) is 0 Å². The van der Waals surface area contributed by atoms with Crippen LogP contribution in [-0.4, -0.2) is 20.3 Å². The molecule has 86 valence electrons. The summed E-state index contributed by atoms with van der Waals surface area (Å²) in [6.45, 7) is 1.88. The van der Waals surface area contributed by atoms with Crippen LogP contribution in [0.25, 0.3) is 0 Å². The lowest BCUT2D eigenvalue weighted by molar-refractivity contribution is 0.0160. The Bertz CT molecular complexity index is 402. The van der Waals surface area contributed by atoms with Crippen LogP contribution in [-0.2, 0) is 14.3 Å². The molecule has 1 fully saturated rings. The van der Waals surface area contributed by atoms with Gasteiger partial charge >= 0.3 is 0 Å². The Hall–Kier alpha value is -0.420. The van der Waals surface area contributed by atoms with E-state index < -0.39 is 15.7 Å². The van der Waals surface area contributed by atoms with Crippen molar-refractivity contribution in [1.29, 1.82) is 0 Å². The SMILES string of the molecule is CC12CCC(OS(C)(=O)=O)(C=C1F)CC2. The molecule has 0 heterocycles. The topological polar surface area (TPSA) is 43.4 Å². The lowest BCUT2D eigenvalue weighted by atomic mass is 9.63. The minimum Gasteiger partial charge on any atom is -0.259 e. The highest BCUT2D eigenvalue weighted by Gasteiger charge is 2.49. The molecule has 0 radical (unpaired) electrons. The second-order valence-electron chi connectivity index (χ2n) is 4.91. The predicted molar refractivity (Wildman–Crippen MR) is 54.4 cm³/mol. The maximum atomic E-state index is 13.7. The van der Waals surface area contributed by atoms with E-state index in [0.29, 0.717) is 25.7 Å². The van der Waals surface area contributed by atoms with Crippen LogP contribution in [0.1, 0.15) is 32.6 Å². The van der Waals surface area contributed by atoms with Crippen molar-refractivity contribution in [3.63, 3.8) is 0 Å². The fourth-order valence-corrected chi connectivity index (χ4v) is 3.24. The van der Waals surface area contributed by atoms with Crippen molar-refractivity contribution in [2.24, 2.45) is 5.41 Å². The molecule has 5 heteroatoms. The first kappa shape index (κ1) is 11.1. The number of rotatable bonds is 2. The third-order valence-corrected chi connectivity index (χ3v) is 4.12. The molecule has 3 nitrogen and oxygen atoms in total. The van der Waals surface area contributed by atoms with Crippen molar-refractivity contribution in [3.05, 3.63) is 11.9 Å². The van der Waals surface area contributed by atoms with E-state index in [9.17, 15) is 12.8 Å². The highest BCUT2D eigenvalue weighted by atomic mass is 32.2. The number of allylic oxidation sites excluding steroid dienone is 1. The second kappa shape index (κ2) is 3.04. The lowest BCUT2D eigenvalue weighted by Gasteiger charge is -2.47. The Morgan fingerprint density at radius 1 is 1.33 bits per heavy atom. The van der Waals surface area contributed by atoms with Crippen LogP contribution < -0.4 is 0 Å². The molecule has 1 saturated carbocycles. The summed E-state index contributed by atoms with van der Waals surface area (Å²) in [5.74, 6) is -0.219. The fraction of sp³-hybridized carbons (Fsp3) is 0.800. The molecule has 0 unspecified atom stereocenters. The van der Waals surface area contributed by atoms with Gasteiger partial charge in [-0.15, -0.1) is 0 Å². The maximum Gasteiger partial charge on any atom is 0.265 e. The van der Waals surface area contributed by atoms with E-state index in [0.717, 1.165) is 6.26 Å². The third kappa shape index (κ3) is 1.95. The zero-order chi connectivity index (χ0) is 11.3. The van der Waals surface area contributed by atoms with E-state index in [1.165, 1.54) is 6.08 Å². The van der Waals surface area contributed by atoms with Crippen LogP contribution in [0.5, 0.6) is 0 Å². The molecule has 3 rings (SSSR count). The van der Waals surface area contributed by atoms with E-state index in [1.54, 1.807) is 0 Å². The molecular formula is C10H15FO3S. The van der Waals surface area contributed by atoms with Crippen LogP contribution >= 0.6 is 0 Å².